The van der Waals surface area contributed by atoms with Gasteiger partial charge in [-0.15, -0.1) is 11.3 Å². The Morgan fingerprint density at radius 2 is 2.00 bits per heavy atom. The van der Waals surface area contributed by atoms with Crippen LogP contribution in [0.15, 0.2) is 34.1 Å². The first-order valence-electron chi connectivity index (χ1n) is 4.98. The Morgan fingerprint density at radius 3 is 2.53 bits per heavy atom. The van der Waals surface area contributed by atoms with Gasteiger partial charge in [0.05, 0.1) is 16.1 Å². The highest BCUT2D eigenvalue weighted by molar-refractivity contribution is 9.10. The van der Waals surface area contributed by atoms with Crippen LogP contribution < -0.4 is 5.32 Å². The minimum absolute atomic E-state index is 0.124. The molecule has 0 saturated carbocycles. The number of rotatable bonds is 3. The van der Waals surface area contributed by atoms with E-state index < -0.39 is 0 Å². The fourth-order valence-electron chi connectivity index (χ4n) is 1.65. The van der Waals surface area contributed by atoms with Crippen LogP contribution in [0, 0.1) is 0 Å². The highest BCUT2D eigenvalue weighted by Crippen LogP contribution is 2.35. The topological polar surface area (TPSA) is 12.0 Å². The van der Waals surface area contributed by atoms with E-state index >= 15 is 0 Å². The molecule has 5 heteroatoms. The molecule has 0 amide bonds. The molecule has 1 nitrogen and oxygen atoms in total. The van der Waals surface area contributed by atoms with Crippen molar-refractivity contribution in [1.29, 1.82) is 0 Å². The van der Waals surface area contributed by atoms with Crippen LogP contribution in [0.2, 0.25) is 10.0 Å². The fraction of sp³-hybridized carbons (Fsp3) is 0.167. The number of halogens is 3. The SMILES string of the molecule is CNC(c1ccc(Cl)c(Cl)c1)c1sccc1Br. The average Bonchev–Trinajstić information content (AvgIpc) is 2.71. The molecule has 1 heterocycles. The summed E-state index contributed by atoms with van der Waals surface area (Å²) in [6.45, 7) is 0. The van der Waals surface area contributed by atoms with E-state index in [4.69, 9.17) is 23.2 Å². The van der Waals surface area contributed by atoms with Gasteiger partial charge in [0.15, 0.2) is 0 Å². The Bertz CT molecular complexity index is 527. The summed E-state index contributed by atoms with van der Waals surface area (Å²) >= 11 is 17.2. The first-order valence-corrected chi connectivity index (χ1v) is 7.41. The summed E-state index contributed by atoms with van der Waals surface area (Å²) < 4.78 is 1.10. The van der Waals surface area contributed by atoms with Crippen molar-refractivity contribution < 1.29 is 0 Å². The van der Waals surface area contributed by atoms with Gasteiger partial charge in [0.1, 0.15) is 0 Å². The molecule has 1 aromatic heterocycles. The van der Waals surface area contributed by atoms with Gasteiger partial charge in [-0.05, 0) is 52.1 Å². The van der Waals surface area contributed by atoms with E-state index in [1.807, 2.05) is 31.3 Å². The van der Waals surface area contributed by atoms with E-state index in [9.17, 15) is 0 Å². The van der Waals surface area contributed by atoms with Gasteiger partial charge in [-0.25, -0.2) is 0 Å². The van der Waals surface area contributed by atoms with E-state index in [1.165, 1.54) is 4.88 Å². The molecule has 2 rings (SSSR count). The second kappa shape index (κ2) is 5.72. The van der Waals surface area contributed by atoms with Gasteiger partial charge >= 0.3 is 0 Å². The Balaban J connectivity index is 2.42. The van der Waals surface area contributed by atoms with Crippen LogP contribution in [0.4, 0.5) is 0 Å². The van der Waals surface area contributed by atoms with E-state index in [0.717, 1.165) is 10.0 Å². The largest absolute Gasteiger partial charge is 0.309 e. The molecule has 1 N–H and O–H groups in total. The molecular weight excluding hydrogens is 341 g/mol. The van der Waals surface area contributed by atoms with Crippen LogP contribution in [0.1, 0.15) is 16.5 Å². The van der Waals surface area contributed by atoms with Crippen LogP contribution in [-0.2, 0) is 0 Å². The number of nitrogens with one attached hydrogen (secondary N) is 1. The van der Waals surface area contributed by atoms with Gasteiger partial charge in [-0.3, -0.25) is 0 Å². The van der Waals surface area contributed by atoms with Crippen molar-refractivity contribution in [2.45, 2.75) is 6.04 Å². The van der Waals surface area contributed by atoms with Crippen molar-refractivity contribution >= 4 is 50.5 Å². The van der Waals surface area contributed by atoms with Crippen molar-refractivity contribution in [2.75, 3.05) is 7.05 Å². The lowest BCUT2D eigenvalue weighted by atomic mass is 10.1. The maximum atomic E-state index is 6.05. The average molecular weight is 351 g/mol. The lowest BCUT2D eigenvalue weighted by Crippen LogP contribution is -2.16. The maximum Gasteiger partial charge on any atom is 0.0680 e. The molecule has 0 fully saturated rings. The fourth-order valence-corrected chi connectivity index (χ4v) is 3.70. The number of hydrogen-bond donors (Lipinski definition) is 1. The number of thiophene rings is 1. The lowest BCUT2D eigenvalue weighted by molar-refractivity contribution is 0.701. The van der Waals surface area contributed by atoms with E-state index in [0.29, 0.717) is 10.0 Å². The third-order valence-corrected chi connectivity index (χ3v) is 5.15. The van der Waals surface area contributed by atoms with Crippen molar-refractivity contribution in [2.24, 2.45) is 0 Å². The molecule has 1 atom stereocenters. The van der Waals surface area contributed by atoms with Gasteiger partial charge < -0.3 is 5.32 Å². The maximum absolute atomic E-state index is 6.05. The van der Waals surface area contributed by atoms with Crippen LogP contribution in [0.25, 0.3) is 0 Å². The van der Waals surface area contributed by atoms with E-state index in [2.05, 4.69) is 26.6 Å². The van der Waals surface area contributed by atoms with E-state index in [1.54, 1.807) is 11.3 Å². The molecule has 0 aliphatic rings. The molecule has 0 aliphatic heterocycles. The lowest BCUT2D eigenvalue weighted by Gasteiger charge is -2.16. The highest BCUT2D eigenvalue weighted by atomic mass is 79.9. The molecule has 0 saturated heterocycles. The predicted molar refractivity (Wildman–Crippen MR) is 79.4 cm³/mol. The van der Waals surface area contributed by atoms with Crippen LogP contribution in [-0.4, -0.2) is 7.05 Å². The Kier molecular flexibility index (Phi) is 4.50. The zero-order valence-electron chi connectivity index (χ0n) is 9.01. The molecule has 0 aliphatic carbocycles. The zero-order valence-corrected chi connectivity index (χ0v) is 12.9. The van der Waals surface area contributed by atoms with Gasteiger partial charge in [0.2, 0.25) is 0 Å². The molecule has 0 bridgehead atoms. The second-order valence-corrected chi connectivity index (χ2v) is 6.14. The second-order valence-electron chi connectivity index (χ2n) is 3.53. The van der Waals surface area contributed by atoms with Crippen molar-refractivity contribution in [3.8, 4) is 0 Å². The predicted octanol–water partition coefficient (Wildman–Crippen LogP) is 5.13. The molecule has 90 valence electrons. The zero-order chi connectivity index (χ0) is 12.4. The van der Waals surface area contributed by atoms with E-state index in [-0.39, 0.29) is 6.04 Å². The van der Waals surface area contributed by atoms with Gasteiger partial charge in [0, 0.05) is 9.35 Å². The Morgan fingerprint density at radius 1 is 1.24 bits per heavy atom. The minimum Gasteiger partial charge on any atom is -0.309 e. The first kappa shape index (κ1) is 13.4. The van der Waals surface area contributed by atoms with Crippen molar-refractivity contribution in [3.05, 3.63) is 54.6 Å². The summed E-state index contributed by atoms with van der Waals surface area (Å²) in [5.74, 6) is 0. The van der Waals surface area contributed by atoms with Crippen LogP contribution >= 0.6 is 50.5 Å². The molecule has 1 unspecified atom stereocenters. The molecule has 0 radical (unpaired) electrons. The summed E-state index contributed by atoms with van der Waals surface area (Å²) in [6, 6.07) is 7.88. The quantitative estimate of drug-likeness (QED) is 0.809. The van der Waals surface area contributed by atoms with Crippen LogP contribution in [0.5, 0.6) is 0 Å². The molecule has 0 spiro atoms. The third kappa shape index (κ3) is 2.85. The van der Waals surface area contributed by atoms with Crippen molar-refractivity contribution in [3.63, 3.8) is 0 Å². The smallest absolute Gasteiger partial charge is 0.0680 e. The standard InChI is InChI=1S/C12H10BrCl2NS/c1-16-11(12-8(13)4-5-17-12)7-2-3-9(14)10(15)6-7/h2-6,11,16H,1H3. The first-order chi connectivity index (χ1) is 8.13. The molecular formula is C12H10BrCl2NS. The van der Waals surface area contributed by atoms with Gasteiger partial charge in [-0.1, -0.05) is 29.3 Å². The normalized spacial score (nSPS) is 12.7. The summed E-state index contributed by atoms with van der Waals surface area (Å²) in [7, 11) is 1.93. The highest BCUT2D eigenvalue weighted by Gasteiger charge is 2.17. The summed E-state index contributed by atoms with van der Waals surface area (Å²) in [5, 5.41) is 6.50. The molecule has 1 aromatic carbocycles. The number of benzene rings is 1. The van der Waals surface area contributed by atoms with Crippen LogP contribution in [0.3, 0.4) is 0 Å². The summed E-state index contributed by atoms with van der Waals surface area (Å²) in [6.07, 6.45) is 0. The molecule has 17 heavy (non-hydrogen) atoms. The minimum atomic E-state index is 0.124. The van der Waals surface area contributed by atoms with Crippen molar-refractivity contribution in [1.82, 2.24) is 5.32 Å². The third-order valence-electron chi connectivity index (χ3n) is 2.47. The number of hydrogen-bond acceptors (Lipinski definition) is 2. The van der Waals surface area contributed by atoms with Gasteiger partial charge in [-0.2, -0.15) is 0 Å². The Hall–Kier alpha value is -0.0600. The monoisotopic (exact) mass is 349 g/mol. The summed E-state index contributed by atoms with van der Waals surface area (Å²) in [4.78, 5) is 1.23. The Labute approximate surface area is 123 Å². The molecule has 2 aromatic rings. The summed E-state index contributed by atoms with van der Waals surface area (Å²) in [5.41, 5.74) is 1.10. The van der Waals surface area contributed by atoms with Gasteiger partial charge in [0.25, 0.3) is 0 Å².